The van der Waals surface area contributed by atoms with E-state index in [1.165, 1.54) is 0 Å². The van der Waals surface area contributed by atoms with Crippen LogP contribution >= 0.6 is 0 Å². The average Bonchev–Trinajstić information content (AvgIpc) is 3.18. The van der Waals surface area contributed by atoms with E-state index in [-0.39, 0.29) is 0 Å². The number of carboxylic acids is 2. The molecule has 0 aromatic rings. The molecule has 0 spiro atoms. The Labute approximate surface area is 170 Å². The van der Waals surface area contributed by atoms with Gasteiger partial charge in [0, 0.05) is 0 Å². The zero-order valence-electron chi connectivity index (χ0n) is 15.9. The number of hydrogen-bond acceptors (Lipinski definition) is 8. The number of aliphatic carboxylic acids is 2. The Morgan fingerprint density at radius 1 is 0.933 bits per heavy atom. The average molecular weight is 431 g/mol. The molecule has 9 N–H and O–H groups in total. The van der Waals surface area contributed by atoms with Gasteiger partial charge in [-0.15, -0.1) is 0 Å². The van der Waals surface area contributed by atoms with Crippen LogP contribution in [0.5, 0.6) is 0 Å². The molecule has 1 heterocycles. The summed E-state index contributed by atoms with van der Waals surface area (Å²) in [4.78, 5) is 69.8. The van der Waals surface area contributed by atoms with Crippen molar-refractivity contribution >= 4 is 35.6 Å². The molecule has 0 radical (unpaired) electrons. The van der Waals surface area contributed by atoms with E-state index in [2.05, 4.69) is 16.0 Å². The third-order valence-corrected chi connectivity index (χ3v) is 4.22. The first-order chi connectivity index (χ1) is 14.0. The van der Waals surface area contributed by atoms with Crippen molar-refractivity contribution in [3.8, 4) is 0 Å². The first kappa shape index (κ1) is 24.8. The maximum atomic E-state index is 12.3. The highest BCUT2D eigenvalue weighted by molar-refractivity contribution is 5.96. The molecule has 1 fully saturated rings. The monoisotopic (exact) mass is 431 g/mol. The van der Waals surface area contributed by atoms with Gasteiger partial charge in [0.1, 0.15) is 18.1 Å². The van der Waals surface area contributed by atoms with E-state index >= 15 is 0 Å². The van der Waals surface area contributed by atoms with Crippen LogP contribution in [0.3, 0.4) is 0 Å². The number of rotatable bonds is 12. The van der Waals surface area contributed by atoms with Gasteiger partial charge in [-0.1, -0.05) is 0 Å². The van der Waals surface area contributed by atoms with E-state index in [0.717, 1.165) is 6.42 Å². The summed E-state index contributed by atoms with van der Waals surface area (Å²) in [5.74, 6) is -6.89. The molecule has 1 aliphatic rings. The number of primary amides is 1. The molecular formula is C16H25N5O9. The Kier molecular flexibility index (Phi) is 9.64. The molecule has 14 heteroatoms. The fourth-order valence-corrected chi connectivity index (χ4v) is 2.70. The van der Waals surface area contributed by atoms with Crippen LogP contribution in [0.1, 0.15) is 25.7 Å². The molecule has 0 bridgehead atoms. The van der Waals surface area contributed by atoms with E-state index < -0.39 is 79.2 Å². The lowest BCUT2D eigenvalue weighted by Crippen LogP contribution is -2.58. The number of nitrogens with two attached hydrogens (primary N) is 1. The zero-order chi connectivity index (χ0) is 22.8. The molecule has 0 aromatic carbocycles. The normalized spacial score (nSPS) is 18.5. The number of hydrogen-bond donors (Lipinski definition) is 8. The quantitative estimate of drug-likeness (QED) is 0.148. The standard InChI is InChI=1S/C16H25N5O9/c17-11(23)4-9(16(29)30)20-14(27)8(5-12(24)25)19-15(28)10(6-22)21-13(26)7-2-1-3-18-7/h7-10,18,22H,1-6H2,(H2,17,23)(H,19,28)(H,20,27)(H,21,26)(H,24,25)(H,29,30). The molecular weight excluding hydrogens is 406 g/mol. The van der Waals surface area contributed by atoms with E-state index in [0.29, 0.717) is 13.0 Å². The number of aliphatic hydroxyl groups is 1. The lowest BCUT2D eigenvalue weighted by molar-refractivity contribution is -0.145. The van der Waals surface area contributed by atoms with Gasteiger partial charge in [-0.3, -0.25) is 24.0 Å². The van der Waals surface area contributed by atoms with Crippen LogP contribution in [0.4, 0.5) is 0 Å². The fraction of sp³-hybridized carbons (Fsp3) is 0.625. The molecule has 4 atom stereocenters. The van der Waals surface area contributed by atoms with Gasteiger partial charge in [0.25, 0.3) is 0 Å². The van der Waals surface area contributed by atoms with Crippen molar-refractivity contribution in [2.75, 3.05) is 13.2 Å². The van der Waals surface area contributed by atoms with Crippen LogP contribution in [-0.2, 0) is 28.8 Å². The Bertz CT molecular complexity index is 693. The molecule has 1 saturated heterocycles. The van der Waals surface area contributed by atoms with Gasteiger partial charge in [-0.05, 0) is 19.4 Å². The van der Waals surface area contributed by atoms with E-state index in [4.69, 9.17) is 15.9 Å². The van der Waals surface area contributed by atoms with Gasteiger partial charge in [-0.2, -0.15) is 0 Å². The topological polar surface area (TPSA) is 237 Å². The van der Waals surface area contributed by atoms with Crippen molar-refractivity contribution in [3.63, 3.8) is 0 Å². The predicted molar refractivity (Wildman–Crippen MR) is 97.6 cm³/mol. The Morgan fingerprint density at radius 2 is 1.53 bits per heavy atom. The number of carbonyl (C=O) groups is 6. The predicted octanol–water partition coefficient (Wildman–Crippen LogP) is -4.38. The first-order valence-electron chi connectivity index (χ1n) is 9.03. The summed E-state index contributed by atoms with van der Waals surface area (Å²) in [6.07, 6.45) is -0.383. The molecule has 0 saturated carbocycles. The Morgan fingerprint density at radius 3 is 2.00 bits per heavy atom. The summed E-state index contributed by atoms with van der Waals surface area (Å²) in [6, 6.07) is -5.48. The summed E-state index contributed by atoms with van der Waals surface area (Å²) < 4.78 is 0. The van der Waals surface area contributed by atoms with Crippen molar-refractivity contribution in [2.24, 2.45) is 5.73 Å². The van der Waals surface area contributed by atoms with Crippen LogP contribution in [0.2, 0.25) is 0 Å². The van der Waals surface area contributed by atoms with E-state index in [9.17, 15) is 33.9 Å². The van der Waals surface area contributed by atoms with Crippen LogP contribution in [0.15, 0.2) is 0 Å². The van der Waals surface area contributed by atoms with Crippen molar-refractivity contribution in [1.29, 1.82) is 0 Å². The molecule has 1 rings (SSSR count). The minimum absolute atomic E-state index is 0.534. The summed E-state index contributed by atoms with van der Waals surface area (Å²) in [5.41, 5.74) is 4.91. The van der Waals surface area contributed by atoms with Crippen LogP contribution in [-0.4, -0.2) is 88.2 Å². The number of amides is 4. The Balaban J connectivity index is 2.82. The summed E-state index contributed by atoms with van der Waals surface area (Å²) in [5, 5.41) is 36.6. The molecule has 4 unspecified atom stereocenters. The summed E-state index contributed by atoms with van der Waals surface area (Å²) >= 11 is 0. The minimum Gasteiger partial charge on any atom is -0.481 e. The van der Waals surface area contributed by atoms with E-state index in [1.807, 2.05) is 5.32 Å². The number of nitrogens with one attached hydrogen (secondary N) is 4. The van der Waals surface area contributed by atoms with Crippen LogP contribution in [0.25, 0.3) is 0 Å². The molecule has 4 amide bonds. The summed E-state index contributed by atoms with van der Waals surface area (Å²) in [6.45, 7) is -0.212. The Hall–Kier alpha value is -3.26. The second-order valence-corrected chi connectivity index (χ2v) is 6.62. The van der Waals surface area contributed by atoms with Gasteiger partial charge < -0.3 is 42.3 Å². The number of aliphatic hydroxyl groups excluding tert-OH is 1. The second-order valence-electron chi connectivity index (χ2n) is 6.62. The first-order valence-corrected chi connectivity index (χ1v) is 9.03. The highest BCUT2D eigenvalue weighted by Gasteiger charge is 2.32. The van der Waals surface area contributed by atoms with Crippen LogP contribution in [0, 0.1) is 0 Å². The third kappa shape index (κ3) is 8.00. The number of carboxylic acid groups (broad SMARTS) is 2. The molecule has 1 aliphatic heterocycles. The highest BCUT2D eigenvalue weighted by Crippen LogP contribution is 2.05. The molecule has 0 aliphatic carbocycles. The van der Waals surface area contributed by atoms with Gasteiger partial charge in [0.15, 0.2) is 0 Å². The van der Waals surface area contributed by atoms with Gasteiger partial charge in [0.2, 0.25) is 23.6 Å². The number of carbonyl (C=O) groups excluding carboxylic acids is 4. The maximum absolute atomic E-state index is 12.3. The van der Waals surface area contributed by atoms with E-state index in [1.54, 1.807) is 0 Å². The maximum Gasteiger partial charge on any atom is 0.326 e. The largest absolute Gasteiger partial charge is 0.481 e. The molecule has 14 nitrogen and oxygen atoms in total. The van der Waals surface area contributed by atoms with Crippen molar-refractivity contribution < 1.29 is 44.1 Å². The van der Waals surface area contributed by atoms with Crippen molar-refractivity contribution in [1.82, 2.24) is 21.3 Å². The summed E-state index contributed by atoms with van der Waals surface area (Å²) in [7, 11) is 0. The SMILES string of the molecule is NC(=O)CC(NC(=O)C(CC(=O)O)NC(=O)C(CO)NC(=O)C1CCCN1)C(=O)O. The second kappa shape index (κ2) is 11.7. The van der Waals surface area contributed by atoms with Crippen molar-refractivity contribution in [3.05, 3.63) is 0 Å². The van der Waals surface area contributed by atoms with Gasteiger partial charge in [-0.25, -0.2) is 4.79 Å². The fourth-order valence-electron chi connectivity index (χ4n) is 2.70. The minimum atomic E-state index is -1.74. The van der Waals surface area contributed by atoms with Gasteiger partial charge >= 0.3 is 11.9 Å². The van der Waals surface area contributed by atoms with Crippen LogP contribution < -0.4 is 27.0 Å². The lowest BCUT2D eigenvalue weighted by Gasteiger charge is -2.23. The third-order valence-electron chi connectivity index (χ3n) is 4.22. The van der Waals surface area contributed by atoms with Gasteiger partial charge in [0.05, 0.1) is 25.5 Å². The van der Waals surface area contributed by atoms with Crippen molar-refractivity contribution in [2.45, 2.75) is 49.9 Å². The molecule has 168 valence electrons. The lowest BCUT2D eigenvalue weighted by atomic mass is 10.1. The molecule has 30 heavy (non-hydrogen) atoms. The smallest absolute Gasteiger partial charge is 0.326 e. The molecule has 0 aromatic heterocycles. The highest BCUT2D eigenvalue weighted by atomic mass is 16.4. The zero-order valence-corrected chi connectivity index (χ0v) is 15.9.